The van der Waals surface area contributed by atoms with Gasteiger partial charge in [-0.25, -0.2) is 4.79 Å². The molecule has 1 amide bonds. The number of carbonyl (C=O) groups is 1. The highest BCUT2D eigenvalue weighted by Crippen LogP contribution is 2.59. The van der Waals surface area contributed by atoms with Crippen molar-refractivity contribution < 1.29 is 38.7 Å². The molecule has 5 aromatic carbocycles. The highest BCUT2D eigenvalue weighted by atomic mass is 16.5. The van der Waals surface area contributed by atoms with Crippen LogP contribution in [0.5, 0.6) is 34.5 Å². The molecule has 63 heavy (non-hydrogen) atoms. The highest BCUT2D eigenvalue weighted by molar-refractivity contribution is 5.79. The molecular formula is C51H52N4O8. The summed E-state index contributed by atoms with van der Waals surface area (Å²) < 4.78 is 29.9. The van der Waals surface area contributed by atoms with Crippen LogP contribution >= 0.6 is 0 Å². The van der Waals surface area contributed by atoms with E-state index in [0.29, 0.717) is 58.9 Å². The lowest BCUT2D eigenvalue weighted by Gasteiger charge is -2.60. The van der Waals surface area contributed by atoms with E-state index in [0.717, 1.165) is 38.9 Å². The number of carbonyl (C=O) groups excluding carboxylic acids is 1. The lowest BCUT2D eigenvalue weighted by Crippen LogP contribution is -2.69. The first kappa shape index (κ1) is 41.7. The molecule has 3 aliphatic heterocycles. The minimum absolute atomic E-state index is 0.0153. The quantitative estimate of drug-likeness (QED) is 0.118. The number of methoxy groups -OCH3 is 4. The number of rotatable bonds is 11. The van der Waals surface area contributed by atoms with Crippen LogP contribution in [0.3, 0.4) is 0 Å². The Hall–Kier alpha value is -6.68. The van der Waals surface area contributed by atoms with Gasteiger partial charge in [0.1, 0.15) is 24.1 Å². The molecule has 12 heteroatoms. The number of nitrogens with zero attached hydrogens (tertiary/aromatic N) is 3. The number of benzene rings is 5. The molecular weight excluding hydrogens is 797 g/mol. The normalized spacial score (nSPS) is 21.0. The van der Waals surface area contributed by atoms with E-state index in [4.69, 9.17) is 23.7 Å². The third-order valence-corrected chi connectivity index (χ3v) is 13.7. The maximum atomic E-state index is 13.9. The molecule has 1 saturated heterocycles. The van der Waals surface area contributed by atoms with Crippen LogP contribution in [0.2, 0.25) is 0 Å². The SMILES string of the molecule is COc1c(C)c(OC)c2c(c1O)[C@@H]1[C@@H]3Cc4c(OC)c(C)c(OC)c(O)c4[C@H](CNC(=O)OCC4c5ccccc5-c5ccccc54)N3[C@@H](C#N)[C@H](C2)N1C/C=C/c1ccccc1. The van der Waals surface area contributed by atoms with Gasteiger partial charge in [0.15, 0.2) is 23.0 Å². The summed E-state index contributed by atoms with van der Waals surface area (Å²) in [6.07, 6.45) is 4.23. The van der Waals surface area contributed by atoms with E-state index in [1.165, 1.54) is 14.2 Å². The van der Waals surface area contributed by atoms with Crippen LogP contribution in [0, 0.1) is 25.2 Å². The number of nitriles is 1. The zero-order valence-electron chi connectivity index (χ0n) is 36.3. The van der Waals surface area contributed by atoms with Crippen molar-refractivity contribution in [3.05, 3.63) is 135 Å². The van der Waals surface area contributed by atoms with Gasteiger partial charge >= 0.3 is 6.09 Å². The standard InChI is InChI=1S/C51H52N4O8/c1-28-47(59-3)35-24-39-44-43-36(48(60-4)29(2)50(62-6)46(43)57)23-38(54(44)22-14-17-30-15-8-7-9-16-30)40(25-52)55(39)41(42(35)45(56)49(28)61-5)26-53-51(58)63-27-37-33-20-12-10-18-31(33)32-19-11-13-21-34(32)37/h7-21,37-41,44,56-57H,22-24,26-27H2,1-6H3,(H,53,58)/b17-14+/t38-,39-,40-,41-,44-/m0/s1. The Morgan fingerprint density at radius 2 is 1.30 bits per heavy atom. The summed E-state index contributed by atoms with van der Waals surface area (Å²) in [6, 6.07) is 26.2. The minimum atomic E-state index is -0.753. The van der Waals surface area contributed by atoms with Crippen LogP contribution in [0.15, 0.2) is 84.9 Å². The van der Waals surface area contributed by atoms with Crippen molar-refractivity contribution in [1.29, 1.82) is 5.26 Å². The van der Waals surface area contributed by atoms with Gasteiger partial charge in [0.25, 0.3) is 0 Å². The smallest absolute Gasteiger partial charge is 0.407 e. The molecule has 5 atom stereocenters. The van der Waals surface area contributed by atoms with Gasteiger partial charge in [0, 0.05) is 64.5 Å². The van der Waals surface area contributed by atoms with Gasteiger partial charge in [-0.05, 0) is 54.5 Å². The van der Waals surface area contributed by atoms with E-state index in [1.54, 1.807) is 14.2 Å². The molecule has 9 rings (SSSR count). The lowest BCUT2D eigenvalue weighted by atomic mass is 9.71. The number of aromatic hydroxyl groups is 2. The summed E-state index contributed by atoms with van der Waals surface area (Å²) in [7, 11) is 6.23. The van der Waals surface area contributed by atoms with Crippen molar-refractivity contribution in [2.24, 2.45) is 0 Å². The van der Waals surface area contributed by atoms with Crippen molar-refractivity contribution in [1.82, 2.24) is 15.1 Å². The van der Waals surface area contributed by atoms with Crippen molar-refractivity contribution in [2.75, 3.05) is 48.1 Å². The number of amides is 1. The van der Waals surface area contributed by atoms with Crippen molar-refractivity contribution in [2.45, 2.75) is 62.8 Å². The van der Waals surface area contributed by atoms with Crippen molar-refractivity contribution in [3.8, 4) is 51.7 Å². The van der Waals surface area contributed by atoms with E-state index in [-0.39, 0.29) is 36.3 Å². The number of hydrogen-bond donors (Lipinski definition) is 3. The van der Waals surface area contributed by atoms with Gasteiger partial charge in [0.2, 0.25) is 0 Å². The van der Waals surface area contributed by atoms with Crippen LogP contribution < -0.4 is 24.3 Å². The fourth-order valence-electron chi connectivity index (χ4n) is 11.2. The summed E-state index contributed by atoms with van der Waals surface area (Å²) in [5.41, 5.74) is 9.49. The van der Waals surface area contributed by atoms with Crippen LogP contribution in [-0.2, 0) is 17.6 Å². The van der Waals surface area contributed by atoms with Gasteiger partial charge < -0.3 is 39.2 Å². The van der Waals surface area contributed by atoms with Crippen LogP contribution in [-0.4, -0.2) is 92.4 Å². The third kappa shape index (κ3) is 6.69. The summed E-state index contributed by atoms with van der Waals surface area (Å²) in [5.74, 6) is 1.51. The number of hydrogen-bond acceptors (Lipinski definition) is 11. The summed E-state index contributed by atoms with van der Waals surface area (Å²) in [6.45, 7) is 4.26. The van der Waals surface area contributed by atoms with E-state index >= 15 is 0 Å². The molecule has 2 bridgehead atoms. The van der Waals surface area contributed by atoms with Crippen molar-refractivity contribution in [3.63, 3.8) is 0 Å². The summed E-state index contributed by atoms with van der Waals surface area (Å²) in [4.78, 5) is 18.4. The third-order valence-electron chi connectivity index (χ3n) is 13.7. The average Bonchev–Trinajstić information content (AvgIpc) is 3.62. The molecule has 324 valence electrons. The Balaban J connectivity index is 1.14. The molecule has 0 unspecified atom stereocenters. The fraction of sp³-hybridized carbons (Fsp3) is 0.333. The molecule has 0 spiro atoms. The number of alkyl carbamates (subject to hydrolysis) is 1. The maximum absolute atomic E-state index is 13.9. The molecule has 1 aliphatic carbocycles. The first-order valence-electron chi connectivity index (χ1n) is 21.3. The first-order chi connectivity index (χ1) is 30.7. The lowest BCUT2D eigenvalue weighted by molar-refractivity contribution is -0.0794. The molecule has 4 aliphatic rings. The predicted octanol–water partition coefficient (Wildman–Crippen LogP) is 8.14. The summed E-state index contributed by atoms with van der Waals surface area (Å²) in [5, 5.41) is 38.9. The van der Waals surface area contributed by atoms with Crippen LogP contribution in [0.4, 0.5) is 4.79 Å². The van der Waals surface area contributed by atoms with Gasteiger partial charge in [0.05, 0.1) is 46.6 Å². The number of fused-ring (bicyclic) bond motifs is 10. The number of piperazine rings is 1. The highest BCUT2D eigenvalue weighted by Gasteiger charge is 2.58. The van der Waals surface area contributed by atoms with Gasteiger partial charge in [-0.2, -0.15) is 5.26 Å². The predicted molar refractivity (Wildman–Crippen MR) is 239 cm³/mol. The first-order valence-corrected chi connectivity index (χ1v) is 21.3. The molecule has 3 heterocycles. The molecule has 1 fully saturated rings. The Kier molecular flexibility index (Phi) is 11.2. The largest absolute Gasteiger partial charge is 0.504 e. The van der Waals surface area contributed by atoms with E-state index < -0.39 is 36.3 Å². The second kappa shape index (κ2) is 16.9. The number of nitrogens with one attached hydrogen (secondary N) is 1. The topological polar surface area (TPSA) is 146 Å². The van der Waals surface area contributed by atoms with Crippen LogP contribution in [0.25, 0.3) is 17.2 Å². The monoisotopic (exact) mass is 848 g/mol. The zero-order valence-corrected chi connectivity index (χ0v) is 36.3. The number of ether oxygens (including phenoxy) is 5. The fourth-order valence-corrected chi connectivity index (χ4v) is 11.2. The van der Waals surface area contributed by atoms with E-state index in [9.17, 15) is 20.3 Å². The van der Waals surface area contributed by atoms with Gasteiger partial charge in [-0.3, -0.25) is 9.80 Å². The Bertz CT molecular complexity index is 2610. The van der Waals surface area contributed by atoms with Crippen molar-refractivity contribution >= 4 is 12.2 Å². The van der Waals surface area contributed by atoms with E-state index in [1.807, 2.05) is 68.4 Å². The van der Waals surface area contributed by atoms with Crippen LogP contribution in [0.1, 0.15) is 68.1 Å². The van der Waals surface area contributed by atoms with Gasteiger partial charge in [-0.1, -0.05) is 91.0 Å². The molecule has 3 N–H and O–H groups in total. The molecule has 0 saturated carbocycles. The van der Waals surface area contributed by atoms with Gasteiger partial charge in [-0.15, -0.1) is 0 Å². The second-order valence-corrected chi connectivity index (χ2v) is 16.6. The Morgan fingerprint density at radius 1 is 0.762 bits per heavy atom. The molecule has 0 radical (unpaired) electrons. The van der Waals surface area contributed by atoms with E-state index in [2.05, 4.69) is 57.6 Å². The second-order valence-electron chi connectivity index (χ2n) is 16.6. The molecule has 5 aromatic rings. The maximum Gasteiger partial charge on any atom is 0.407 e. The minimum Gasteiger partial charge on any atom is -0.504 e. The number of phenols is 2. The Morgan fingerprint density at radius 3 is 1.89 bits per heavy atom. The number of phenolic OH excluding ortho intramolecular Hbond substituents is 2. The Labute approximate surface area is 367 Å². The molecule has 0 aromatic heterocycles. The zero-order chi connectivity index (χ0) is 44.1. The molecule has 12 nitrogen and oxygen atoms in total. The summed E-state index contributed by atoms with van der Waals surface area (Å²) >= 11 is 0. The average molecular weight is 849 g/mol.